The lowest BCUT2D eigenvalue weighted by molar-refractivity contribution is -0.384. The molecule has 0 saturated heterocycles. The average molecular weight is 492 g/mol. The molecule has 0 saturated carbocycles. The van der Waals surface area contributed by atoms with Gasteiger partial charge in [-0.25, -0.2) is 12.8 Å². The molecule has 0 spiro atoms. The fourth-order valence-electron chi connectivity index (χ4n) is 3.08. The predicted octanol–water partition coefficient (Wildman–Crippen LogP) is 4.77. The molecular weight excluding hydrogens is 473 g/mol. The first kappa shape index (κ1) is 24.1. The van der Waals surface area contributed by atoms with Crippen LogP contribution in [0.1, 0.15) is 21.5 Å². The number of benzene rings is 3. The van der Waals surface area contributed by atoms with Crippen LogP contribution < -0.4 is 4.72 Å². The molecule has 8 nitrogen and oxygen atoms in total. The zero-order valence-corrected chi connectivity index (χ0v) is 19.2. The summed E-state index contributed by atoms with van der Waals surface area (Å²) in [6.45, 7) is 1.60. The topological polar surface area (TPSA) is 110 Å². The van der Waals surface area contributed by atoms with Gasteiger partial charge in [0.1, 0.15) is 5.82 Å². The van der Waals surface area contributed by atoms with E-state index in [1.165, 1.54) is 66.5 Å². The van der Waals surface area contributed by atoms with Crippen molar-refractivity contribution >= 4 is 38.9 Å². The molecule has 0 radical (unpaired) electrons. The summed E-state index contributed by atoms with van der Waals surface area (Å²) < 4.78 is 41.6. The minimum Gasteiger partial charge on any atom is -0.337 e. The fraction of sp³-hybridized carbons (Fsp3) is 0.136. The van der Waals surface area contributed by atoms with Crippen LogP contribution in [-0.4, -0.2) is 31.2 Å². The van der Waals surface area contributed by atoms with Crippen LogP contribution in [0.4, 0.5) is 15.8 Å². The number of anilines is 1. The maximum atomic E-state index is 13.9. The number of carbonyl (C=O) groups excluding carboxylic acids is 1. The Morgan fingerprint density at radius 1 is 1.15 bits per heavy atom. The van der Waals surface area contributed by atoms with E-state index in [0.717, 1.165) is 6.07 Å². The highest BCUT2D eigenvalue weighted by atomic mass is 35.5. The number of carbonyl (C=O) groups is 1. The number of amides is 1. The predicted molar refractivity (Wildman–Crippen MR) is 122 cm³/mol. The summed E-state index contributed by atoms with van der Waals surface area (Å²) in [6.07, 6.45) is 0. The minimum atomic E-state index is -4.17. The Kier molecular flexibility index (Phi) is 6.99. The molecule has 0 aliphatic heterocycles. The number of nitro groups is 1. The number of nitrogens with one attached hydrogen (secondary N) is 1. The number of aryl methyl sites for hydroxylation is 1. The van der Waals surface area contributed by atoms with Crippen LogP contribution in [-0.2, 0) is 16.6 Å². The van der Waals surface area contributed by atoms with Crippen LogP contribution >= 0.6 is 11.6 Å². The number of hydrogen-bond acceptors (Lipinski definition) is 5. The first-order valence-corrected chi connectivity index (χ1v) is 11.4. The van der Waals surface area contributed by atoms with Crippen molar-refractivity contribution < 1.29 is 22.5 Å². The summed E-state index contributed by atoms with van der Waals surface area (Å²) in [5, 5.41) is 11.3. The molecule has 33 heavy (non-hydrogen) atoms. The Morgan fingerprint density at radius 3 is 2.52 bits per heavy atom. The van der Waals surface area contributed by atoms with Crippen LogP contribution in [0, 0.1) is 22.9 Å². The second-order valence-corrected chi connectivity index (χ2v) is 9.35. The number of hydrogen-bond donors (Lipinski definition) is 1. The van der Waals surface area contributed by atoms with Gasteiger partial charge in [0, 0.05) is 36.3 Å². The Morgan fingerprint density at radius 2 is 1.85 bits per heavy atom. The van der Waals surface area contributed by atoms with Gasteiger partial charge in [0.25, 0.3) is 21.6 Å². The Bertz CT molecular complexity index is 1350. The SMILES string of the molecule is Cc1ccc(S(=O)(=O)Nc2ccccc2F)cc1C(=O)N(C)Cc1cc([N+](=O)[O-])ccc1Cl. The van der Waals surface area contributed by atoms with Crippen molar-refractivity contribution in [2.75, 3.05) is 11.8 Å². The molecule has 0 fully saturated rings. The largest absolute Gasteiger partial charge is 0.337 e. The molecule has 0 heterocycles. The van der Waals surface area contributed by atoms with Crippen LogP contribution in [0.5, 0.6) is 0 Å². The van der Waals surface area contributed by atoms with Crippen molar-refractivity contribution in [2.24, 2.45) is 0 Å². The van der Waals surface area contributed by atoms with E-state index in [1.807, 2.05) is 0 Å². The second kappa shape index (κ2) is 9.55. The van der Waals surface area contributed by atoms with Crippen molar-refractivity contribution in [3.8, 4) is 0 Å². The Labute approximate surface area is 194 Å². The van der Waals surface area contributed by atoms with Gasteiger partial charge in [-0.15, -0.1) is 0 Å². The molecule has 172 valence electrons. The molecular formula is C22H19ClFN3O5S. The molecule has 0 bridgehead atoms. The first-order valence-electron chi connectivity index (χ1n) is 9.56. The summed E-state index contributed by atoms with van der Waals surface area (Å²) in [5.41, 5.74) is 0.601. The quantitative estimate of drug-likeness (QED) is 0.378. The van der Waals surface area contributed by atoms with Gasteiger partial charge in [0.15, 0.2) is 0 Å². The lowest BCUT2D eigenvalue weighted by Crippen LogP contribution is -2.27. The number of rotatable bonds is 7. The fourth-order valence-corrected chi connectivity index (χ4v) is 4.35. The Balaban J connectivity index is 1.88. The monoisotopic (exact) mass is 491 g/mol. The smallest absolute Gasteiger partial charge is 0.269 e. The van der Waals surface area contributed by atoms with Gasteiger partial charge < -0.3 is 4.90 Å². The third-order valence-electron chi connectivity index (χ3n) is 4.86. The van der Waals surface area contributed by atoms with Gasteiger partial charge in [-0.1, -0.05) is 29.8 Å². The molecule has 0 atom stereocenters. The van der Waals surface area contributed by atoms with Crippen LogP contribution in [0.3, 0.4) is 0 Å². The van der Waals surface area contributed by atoms with Crippen LogP contribution in [0.2, 0.25) is 5.02 Å². The third kappa shape index (κ3) is 5.47. The van der Waals surface area contributed by atoms with Crippen molar-refractivity contribution in [1.29, 1.82) is 0 Å². The normalized spacial score (nSPS) is 11.2. The lowest BCUT2D eigenvalue weighted by Gasteiger charge is -2.20. The van der Waals surface area contributed by atoms with E-state index >= 15 is 0 Å². The molecule has 3 aromatic carbocycles. The maximum absolute atomic E-state index is 13.9. The molecule has 1 amide bonds. The minimum absolute atomic E-state index is 0.0385. The van der Waals surface area contributed by atoms with Gasteiger partial charge >= 0.3 is 0 Å². The van der Waals surface area contributed by atoms with Gasteiger partial charge in [0.2, 0.25) is 0 Å². The summed E-state index contributed by atoms with van der Waals surface area (Å²) in [6, 6.07) is 13.2. The van der Waals surface area contributed by atoms with E-state index in [-0.39, 0.29) is 33.4 Å². The lowest BCUT2D eigenvalue weighted by atomic mass is 10.1. The number of sulfonamides is 1. The van der Waals surface area contributed by atoms with E-state index in [1.54, 1.807) is 6.92 Å². The number of nitro benzene ring substituents is 1. The molecule has 0 unspecified atom stereocenters. The molecule has 0 aliphatic carbocycles. The highest BCUT2D eigenvalue weighted by Crippen LogP contribution is 2.25. The number of halogens is 2. The standard InChI is InChI=1S/C22H19ClFN3O5S/c1-14-7-9-17(33(31,32)25-21-6-4-3-5-20(21)24)12-18(14)22(28)26(2)13-15-11-16(27(29)30)8-10-19(15)23/h3-12,25H,13H2,1-2H3. The molecule has 11 heteroatoms. The summed E-state index contributed by atoms with van der Waals surface area (Å²) >= 11 is 6.12. The van der Waals surface area contributed by atoms with Crippen molar-refractivity contribution in [2.45, 2.75) is 18.4 Å². The van der Waals surface area contributed by atoms with Crippen LogP contribution in [0.15, 0.2) is 65.6 Å². The number of non-ortho nitro benzene ring substituents is 1. The van der Waals surface area contributed by atoms with E-state index in [2.05, 4.69) is 4.72 Å². The van der Waals surface area contributed by atoms with E-state index in [9.17, 15) is 27.7 Å². The van der Waals surface area contributed by atoms with Gasteiger partial charge in [-0.2, -0.15) is 0 Å². The van der Waals surface area contributed by atoms with Gasteiger partial charge in [0.05, 0.1) is 15.5 Å². The zero-order valence-electron chi connectivity index (χ0n) is 17.6. The van der Waals surface area contributed by atoms with Crippen molar-refractivity contribution in [3.05, 3.63) is 98.3 Å². The molecule has 3 aromatic rings. The summed E-state index contributed by atoms with van der Waals surface area (Å²) in [7, 11) is -2.70. The highest BCUT2D eigenvalue weighted by molar-refractivity contribution is 7.92. The maximum Gasteiger partial charge on any atom is 0.269 e. The summed E-state index contributed by atoms with van der Waals surface area (Å²) in [5.74, 6) is -1.25. The van der Waals surface area contributed by atoms with E-state index in [4.69, 9.17) is 11.6 Å². The second-order valence-electron chi connectivity index (χ2n) is 7.26. The van der Waals surface area contributed by atoms with Crippen molar-refractivity contribution in [3.63, 3.8) is 0 Å². The van der Waals surface area contributed by atoms with Gasteiger partial charge in [-0.05, 0) is 48.4 Å². The average Bonchev–Trinajstić information content (AvgIpc) is 2.76. The number of para-hydroxylation sites is 1. The van der Waals surface area contributed by atoms with Crippen molar-refractivity contribution in [1.82, 2.24) is 4.90 Å². The van der Waals surface area contributed by atoms with E-state index < -0.39 is 26.7 Å². The molecule has 1 N–H and O–H groups in total. The van der Waals surface area contributed by atoms with Crippen LogP contribution in [0.25, 0.3) is 0 Å². The molecule has 3 rings (SSSR count). The zero-order chi connectivity index (χ0) is 24.3. The van der Waals surface area contributed by atoms with Gasteiger partial charge in [-0.3, -0.25) is 19.6 Å². The Hall–Kier alpha value is -3.50. The van der Waals surface area contributed by atoms with E-state index in [0.29, 0.717) is 11.1 Å². The molecule has 0 aliphatic rings. The highest BCUT2D eigenvalue weighted by Gasteiger charge is 2.22. The number of nitrogens with zero attached hydrogens (tertiary/aromatic N) is 2. The third-order valence-corrected chi connectivity index (χ3v) is 6.59. The molecule has 0 aromatic heterocycles. The summed E-state index contributed by atoms with van der Waals surface area (Å²) in [4.78, 5) is 24.6. The first-order chi connectivity index (χ1) is 15.5.